The van der Waals surface area contributed by atoms with Crippen LogP contribution in [0.1, 0.15) is 40.5 Å². The zero-order chi connectivity index (χ0) is 33.7. The Morgan fingerprint density at radius 3 is 2.46 bits per heavy atom. The van der Waals surface area contributed by atoms with Crippen LogP contribution in [0.2, 0.25) is 0 Å². The van der Waals surface area contributed by atoms with Crippen molar-refractivity contribution >= 4 is 11.8 Å². The van der Waals surface area contributed by atoms with E-state index in [1.54, 1.807) is 0 Å². The Labute approximate surface area is 284 Å². The van der Waals surface area contributed by atoms with Crippen LogP contribution in [0.3, 0.4) is 0 Å². The van der Waals surface area contributed by atoms with Crippen molar-refractivity contribution in [3.63, 3.8) is 0 Å². The van der Waals surface area contributed by atoms with Gasteiger partial charge in [0.25, 0.3) is 0 Å². The quantitative estimate of drug-likeness (QED) is 0.0743. The number of hydrogen-bond acceptors (Lipinski definition) is 7. The van der Waals surface area contributed by atoms with Gasteiger partial charge in [-0.15, -0.1) is 18.3 Å². The zero-order valence-electron chi connectivity index (χ0n) is 29.5. The smallest absolute Gasteiger partial charge is 0.116 e. The SMILES string of the molecule is C=CCC(/C=C/COC1=CC2C(OCCN(C)C)=CC(=C/C)/C(=C\C)S[C@H]2C=C1)CO/C(C)=C/C/C(=C\C=C\C)OCCN(C)C. The number of rotatable bonds is 20. The Kier molecular flexibility index (Phi) is 19.0. The van der Waals surface area contributed by atoms with Gasteiger partial charge < -0.3 is 28.7 Å². The molecule has 0 radical (unpaired) electrons. The van der Waals surface area contributed by atoms with Crippen LogP contribution in [0, 0.1) is 11.8 Å². The third kappa shape index (κ3) is 15.0. The van der Waals surface area contributed by atoms with Crippen molar-refractivity contribution in [3.05, 3.63) is 119 Å². The lowest BCUT2D eigenvalue weighted by atomic mass is 9.95. The van der Waals surface area contributed by atoms with Gasteiger partial charge in [0.1, 0.15) is 31.3 Å². The highest BCUT2D eigenvalue weighted by Crippen LogP contribution is 2.43. The van der Waals surface area contributed by atoms with Crippen LogP contribution in [-0.4, -0.2) is 82.8 Å². The summed E-state index contributed by atoms with van der Waals surface area (Å²) in [6, 6.07) is 0. The van der Waals surface area contributed by atoms with Gasteiger partial charge in [0.05, 0.1) is 24.0 Å². The molecule has 0 aromatic rings. The maximum Gasteiger partial charge on any atom is 0.116 e. The molecule has 0 spiro atoms. The molecule has 0 bridgehead atoms. The monoisotopic (exact) mass is 650 g/mol. The maximum absolute atomic E-state index is 6.37. The van der Waals surface area contributed by atoms with E-state index in [2.05, 4.69) is 99.0 Å². The largest absolute Gasteiger partial charge is 0.498 e. The molecule has 0 saturated heterocycles. The van der Waals surface area contributed by atoms with E-state index in [4.69, 9.17) is 18.9 Å². The topological polar surface area (TPSA) is 43.4 Å². The van der Waals surface area contributed by atoms with Gasteiger partial charge in [0, 0.05) is 35.6 Å². The molecule has 2 aliphatic rings. The first-order valence-corrected chi connectivity index (χ1v) is 17.3. The van der Waals surface area contributed by atoms with Gasteiger partial charge >= 0.3 is 0 Å². The number of thioether (sulfide) groups is 1. The fourth-order valence-electron chi connectivity index (χ4n) is 4.66. The van der Waals surface area contributed by atoms with E-state index in [1.807, 2.05) is 64.0 Å². The van der Waals surface area contributed by atoms with E-state index in [1.165, 1.54) is 10.5 Å². The van der Waals surface area contributed by atoms with Crippen molar-refractivity contribution < 1.29 is 18.9 Å². The fourth-order valence-corrected chi connectivity index (χ4v) is 5.92. The minimum atomic E-state index is 0.104. The second-order valence-electron chi connectivity index (χ2n) is 11.8. The summed E-state index contributed by atoms with van der Waals surface area (Å²) in [5, 5.41) is 0.252. The first kappa shape index (κ1) is 39.1. The first-order valence-electron chi connectivity index (χ1n) is 16.4. The highest BCUT2D eigenvalue weighted by Gasteiger charge is 2.31. The van der Waals surface area contributed by atoms with Crippen molar-refractivity contribution in [2.24, 2.45) is 11.8 Å². The minimum Gasteiger partial charge on any atom is -0.498 e. The molecule has 3 atom stereocenters. The molecule has 0 saturated carbocycles. The van der Waals surface area contributed by atoms with Crippen LogP contribution in [0.4, 0.5) is 0 Å². The van der Waals surface area contributed by atoms with Gasteiger partial charge in [0.15, 0.2) is 0 Å². The van der Waals surface area contributed by atoms with Crippen LogP contribution < -0.4 is 0 Å². The molecule has 254 valence electrons. The molecule has 0 fully saturated rings. The van der Waals surface area contributed by atoms with Gasteiger partial charge in [-0.25, -0.2) is 0 Å². The second-order valence-corrected chi connectivity index (χ2v) is 13.0. The van der Waals surface area contributed by atoms with Gasteiger partial charge in [-0.3, -0.25) is 0 Å². The van der Waals surface area contributed by atoms with Crippen LogP contribution in [-0.2, 0) is 18.9 Å². The molecule has 7 heteroatoms. The van der Waals surface area contributed by atoms with Crippen molar-refractivity contribution in [2.45, 2.75) is 45.8 Å². The number of hydrogen-bond donors (Lipinski definition) is 0. The predicted molar refractivity (Wildman–Crippen MR) is 197 cm³/mol. The summed E-state index contributed by atoms with van der Waals surface area (Å²) in [6.07, 6.45) is 28.9. The molecule has 0 amide bonds. The molecule has 0 aromatic heterocycles. The number of likely N-dealkylation sites (N-methyl/N-ethyl adjacent to an activating group) is 2. The second kappa shape index (κ2) is 22.4. The summed E-state index contributed by atoms with van der Waals surface area (Å²) in [5.74, 6) is 3.97. The van der Waals surface area contributed by atoms with Gasteiger partial charge in [-0.05, 0) is 98.3 Å². The van der Waals surface area contributed by atoms with E-state index in [9.17, 15) is 0 Å². The van der Waals surface area contributed by atoms with Crippen molar-refractivity contribution in [2.75, 3.05) is 67.7 Å². The molecular weight excluding hydrogens is 593 g/mol. The molecule has 2 rings (SSSR count). The zero-order valence-corrected chi connectivity index (χ0v) is 30.4. The molecular formula is C39H58N2O4S. The Balaban J connectivity index is 1.99. The van der Waals surface area contributed by atoms with Crippen LogP contribution in [0.25, 0.3) is 0 Å². The number of allylic oxidation sites excluding steroid dienone is 12. The number of ether oxygens (including phenoxy) is 4. The first-order chi connectivity index (χ1) is 22.2. The van der Waals surface area contributed by atoms with Gasteiger partial charge in [-0.2, -0.15) is 0 Å². The highest BCUT2D eigenvalue weighted by molar-refractivity contribution is 8.04. The summed E-state index contributed by atoms with van der Waals surface area (Å²) in [4.78, 5) is 5.52. The molecule has 1 heterocycles. The molecule has 2 unspecified atom stereocenters. The molecule has 1 aliphatic heterocycles. The van der Waals surface area contributed by atoms with Crippen LogP contribution in [0.5, 0.6) is 0 Å². The van der Waals surface area contributed by atoms with Crippen LogP contribution in [0.15, 0.2) is 119 Å². The Hall–Kier alpha value is -3.13. The van der Waals surface area contributed by atoms with E-state index in [0.29, 0.717) is 32.8 Å². The predicted octanol–water partition coefficient (Wildman–Crippen LogP) is 8.60. The molecule has 0 N–H and O–H groups in total. The Morgan fingerprint density at radius 2 is 1.78 bits per heavy atom. The third-order valence-electron chi connectivity index (χ3n) is 7.34. The summed E-state index contributed by atoms with van der Waals surface area (Å²) in [7, 11) is 8.22. The number of nitrogens with zero attached hydrogens (tertiary/aromatic N) is 2. The average molecular weight is 651 g/mol. The van der Waals surface area contributed by atoms with Gasteiger partial charge in [0.2, 0.25) is 0 Å². The average Bonchev–Trinajstić information content (AvgIpc) is 3.18. The minimum absolute atomic E-state index is 0.104. The van der Waals surface area contributed by atoms with Crippen LogP contribution >= 0.6 is 11.8 Å². The lowest BCUT2D eigenvalue weighted by Gasteiger charge is -2.26. The summed E-state index contributed by atoms with van der Waals surface area (Å²) < 4.78 is 24.7. The molecule has 0 aromatic carbocycles. The Morgan fingerprint density at radius 1 is 1.02 bits per heavy atom. The lowest BCUT2D eigenvalue weighted by Crippen LogP contribution is -2.23. The normalized spacial score (nSPS) is 21.5. The molecule has 1 aliphatic carbocycles. The van der Waals surface area contributed by atoms with Crippen molar-refractivity contribution in [1.82, 2.24) is 9.80 Å². The fraction of sp³-hybridized carbons (Fsp3) is 0.487. The third-order valence-corrected chi connectivity index (χ3v) is 8.79. The highest BCUT2D eigenvalue weighted by atomic mass is 32.2. The van der Waals surface area contributed by atoms with E-state index >= 15 is 0 Å². The summed E-state index contributed by atoms with van der Waals surface area (Å²) in [6.45, 7) is 16.2. The Bertz CT molecular complexity index is 1220. The lowest BCUT2D eigenvalue weighted by molar-refractivity contribution is 0.162. The standard InChI is InChI=1S/C39H58N2O4S/c1-10-14-18-34(43-26-23-40(6)7)20-19-31(5)45-30-32(16-11-2)17-15-25-42-35-21-22-39-36(29-35)37(44-27-24-41(8)9)28-33(12-3)38(13-4)46-39/h10-15,17-19,21-22,28-29,32,36,39H,2,16,20,23-27,30H2,1,3-9H3/b14-10+,17-15+,31-19+,33-12-,34-18+,38-13+/t32?,36?,39-/m0/s1. The number of fused-ring (bicyclic) bond motifs is 1. The summed E-state index contributed by atoms with van der Waals surface area (Å²) in [5.41, 5.74) is 1.20. The molecule has 6 nitrogen and oxygen atoms in total. The van der Waals surface area contributed by atoms with Gasteiger partial charge in [-0.1, -0.05) is 48.6 Å². The van der Waals surface area contributed by atoms with E-state index in [-0.39, 0.29) is 17.1 Å². The summed E-state index contributed by atoms with van der Waals surface area (Å²) >= 11 is 1.88. The van der Waals surface area contributed by atoms with E-state index in [0.717, 1.165) is 42.5 Å². The van der Waals surface area contributed by atoms with Crippen molar-refractivity contribution in [1.29, 1.82) is 0 Å². The maximum atomic E-state index is 6.37. The van der Waals surface area contributed by atoms with Crippen molar-refractivity contribution in [3.8, 4) is 0 Å². The van der Waals surface area contributed by atoms with E-state index < -0.39 is 0 Å². The molecule has 46 heavy (non-hydrogen) atoms.